The van der Waals surface area contributed by atoms with Crippen molar-refractivity contribution in [3.63, 3.8) is 0 Å². The zero-order valence-corrected chi connectivity index (χ0v) is 15.2. The number of imidazole rings is 1. The van der Waals surface area contributed by atoms with Gasteiger partial charge < -0.3 is 9.30 Å². The standard InChI is InChI=1S/C19H16F2N6O/c1-19(20,21)11-27-17(10-26-9-13(28-3)7-24-26)25-16-8-23-15-5-4-12(22-2)6-14(15)18(16)27/h4-9H,10-11H2,1,3H3. The van der Waals surface area contributed by atoms with Crippen LogP contribution in [0.5, 0.6) is 5.75 Å². The number of nitrogens with zero attached hydrogens (tertiary/aromatic N) is 6. The predicted molar refractivity (Wildman–Crippen MR) is 99.8 cm³/mol. The fourth-order valence-electron chi connectivity index (χ4n) is 3.17. The van der Waals surface area contributed by atoms with E-state index in [9.17, 15) is 8.78 Å². The maximum Gasteiger partial charge on any atom is 0.262 e. The second-order valence-electron chi connectivity index (χ2n) is 6.57. The third kappa shape index (κ3) is 3.24. The highest BCUT2D eigenvalue weighted by atomic mass is 19.3. The van der Waals surface area contributed by atoms with Crippen LogP contribution >= 0.6 is 0 Å². The van der Waals surface area contributed by atoms with Crippen molar-refractivity contribution < 1.29 is 13.5 Å². The van der Waals surface area contributed by atoms with E-state index in [0.29, 0.717) is 39.2 Å². The summed E-state index contributed by atoms with van der Waals surface area (Å²) in [6, 6.07) is 5.02. The summed E-state index contributed by atoms with van der Waals surface area (Å²) in [5.74, 6) is -1.96. The third-order valence-electron chi connectivity index (χ3n) is 4.35. The first-order chi connectivity index (χ1) is 13.4. The number of methoxy groups -OCH3 is 1. The maximum absolute atomic E-state index is 14.0. The molecule has 1 aromatic carbocycles. The molecule has 0 aliphatic carbocycles. The van der Waals surface area contributed by atoms with E-state index >= 15 is 0 Å². The van der Waals surface area contributed by atoms with Gasteiger partial charge in [-0.25, -0.2) is 18.6 Å². The maximum atomic E-state index is 14.0. The average molecular weight is 382 g/mol. The van der Waals surface area contributed by atoms with E-state index in [1.807, 2.05) is 0 Å². The normalized spacial score (nSPS) is 11.8. The number of halogens is 2. The smallest absolute Gasteiger partial charge is 0.262 e. The highest BCUT2D eigenvalue weighted by Crippen LogP contribution is 2.30. The summed E-state index contributed by atoms with van der Waals surface area (Å²) in [5, 5.41) is 4.79. The van der Waals surface area contributed by atoms with E-state index in [-0.39, 0.29) is 6.54 Å². The lowest BCUT2D eigenvalue weighted by Crippen LogP contribution is -2.22. The van der Waals surface area contributed by atoms with Gasteiger partial charge in [0.25, 0.3) is 5.92 Å². The molecule has 3 heterocycles. The van der Waals surface area contributed by atoms with Crippen LogP contribution < -0.4 is 4.74 Å². The molecule has 0 bridgehead atoms. The largest absolute Gasteiger partial charge is 0.493 e. The van der Waals surface area contributed by atoms with E-state index in [0.717, 1.165) is 6.92 Å². The highest BCUT2D eigenvalue weighted by molar-refractivity contribution is 6.03. The SMILES string of the molecule is [C-]#[N+]c1ccc2ncc3nc(Cn4cc(OC)cn4)n(CC(C)(F)F)c3c2c1. The number of hydrogen-bond donors (Lipinski definition) is 0. The Morgan fingerprint density at radius 3 is 2.75 bits per heavy atom. The van der Waals surface area contributed by atoms with Gasteiger partial charge in [0, 0.05) is 12.3 Å². The second kappa shape index (κ2) is 6.56. The van der Waals surface area contributed by atoms with Gasteiger partial charge in [-0.2, -0.15) is 5.10 Å². The molecule has 0 unspecified atom stereocenters. The van der Waals surface area contributed by atoms with Crippen LogP contribution in [0, 0.1) is 6.57 Å². The van der Waals surface area contributed by atoms with Crippen LogP contribution in [0.15, 0.2) is 36.8 Å². The molecule has 0 radical (unpaired) electrons. The molecule has 0 aliphatic rings. The molecule has 28 heavy (non-hydrogen) atoms. The third-order valence-corrected chi connectivity index (χ3v) is 4.35. The van der Waals surface area contributed by atoms with Crippen molar-refractivity contribution in [3.8, 4) is 5.75 Å². The summed E-state index contributed by atoms with van der Waals surface area (Å²) in [5.41, 5.74) is 2.06. The van der Waals surface area contributed by atoms with Gasteiger partial charge >= 0.3 is 0 Å². The van der Waals surface area contributed by atoms with Crippen LogP contribution in [0.25, 0.3) is 26.8 Å². The molecule has 0 saturated heterocycles. The summed E-state index contributed by atoms with van der Waals surface area (Å²) in [6.07, 6.45) is 4.77. The van der Waals surface area contributed by atoms with Crippen molar-refractivity contribution in [2.45, 2.75) is 25.9 Å². The van der Waals surface area contributed by atoms with Gasteiger partial charge in [0.05, 0.1) is 56.4 Å². The van der Waals surface area contributed by atoms with Crippen molar-refractivity contribution in [2.75, 3.05) is 7.11 Å². The molecule has 0 spiro atoms. The molecule has 0 fully saturated rings. The fraction of sp³-hybridized carbons (Fsp3) is 0.263. The van der Waals surface area contributed by atoms with Crippen molar-refractivity contribution in [1.29, 1.82) is 0 Å². The summed E-state index contributed by atoms with van der Waals surface area (Å²) >= 11 is 0. The number of rotatable bonds is 5. The van der Waals surface area contributed by atoms with Gasteiger partial charge in [0.15, 0.2) is 11.4 Å². The fourth-order valence-corrected chi connectivity index (χ4v) is 3.17. The number of ether oxygens (including phenoxy) is 1. The minimum absolute atomic E-state index is 0.193. The van der Waals surface area contributed by atoms with Crippen LogP contribution in [0.1, 0.15) is 12.7 Å². The number of hydrogen-bond acceptors (Lipinski definition) is 4. The van der Waals surface area contributed by atoms with Crippen LogP contribution in [0.2, 0.25) is 0 Å². The van der Waals surface area contributed by atoms with Crippen molar-refractivity contribution in [1.82, 2.24) is 24.3 Å². The Hall–Kier alpha value is -3.54. The Labute approximate surface area is 159 Å². The summed E-state index contributed by atoms with van der Waals surface area (Å²) < 4.78 is 36.1. The lowest BCUT2D eigenvalue weighted by atomic mass is 10.1. The number of benzene rings is 1. The lowest BCUT2D eigenvalue weighted by Gasteiger charge is -2.15. The molecule has 4 aromatic rings. The number of aromatic nitrogens is 5. The molecule has 0 amide bonds. The molecule has 3 aromatic heterocycles. The lowest BCUT2D eigenvalue weighted by molar-refractivity contribution is 0.00419. The Morgan fingerprint density at radius 1 is 1.25 bits per heavy atom. The van der Waals surface area contributed by atoms with E-state index < -0.39 is 12.5 Å². The average Bonchev–Trinajstić information content (AvgIpc) is 3.25. The van der Waals surface area contributed by atoms with Gasteiger partial charge in [-0.3, -0.25) is 9.67 Å². The molecule has 0 atom stereocenters. The molecule has 0 N–H and O–H groups in total. The molecule has 4 rings (SSSR count). The molecular formula is C19H16F2N6O. The molecule has 9 heteroatoms. The highest BCUT2D eigenvalue weighted by Gasteiger charge is 2.26. The monoisotopic (exact) mass is 382 g/mol. The number of alkyl halides is 2. The molecular weight excluding hydrogens is 366 g/mol. The minimum Gasteiger partial charge on any atom is -0.493 e. The Kier molecular flexibility index (Phi) is 4.19. The summed E-state index contributed by atoms with van der Waals surface area (Å²) in [7, 11) is 1.53. The van der Waals surface area contributed by atoms with Gasteiger partial charge in [-0.15, -0.1) is 0 Å². The van der Waals surface area contributed by atoms with Crippen LogP contribution in [0.3, 0.4) is 0 Å². The predicted octanol–water partition coefficient (Wildman–Crippen LogP) is 4.04. The number of pyridine rings is 1. The van der Waals surface area contributed by atoms with Gasteiger partial charge in [0.1, 0.15) is 11.3 Å². The summed E-state index contributed by atoms with van der Waals surface area (Å²) in [6.45, 7) is 7.76. The van der Waals surface area contributed by atoms with E-state index in [4.69, 9.17) is 11.3 Å². The second-order valence-corrected chi connectivity index (χ2v) is 6.57. The quantitative estimate of drug-likeness (QED) is 0.489. The zero-order chi connectivity index (χ0) is 19.9. The van der Waals surface area contributed by atoms with E-state index in [1.165, 1.54) is 11.7 Å². The number of fused-ring (bicyclic) bond motifs is 3. The van der Waals surface area contributed by atoms with Crippen LogP contribution in [-0.4, -0.2) is 37.3 Å². The van der Waals surface area contributed by atoms with E-state index in [2.05, 4.69) is 19.9 Å². The van der Waals surface area contributed by atoms with Gasteiger partial charge in [-0.1, -0.05) is 6.07 Å². The minimum atomic E-state index is -2.95. The van der Waals surface area contributed by atoms with Gasteiger partial charge in [-0.05, 0) is 12.1 Å². The van der Waals surface area contributed by atoms with Crippen molar-refractivity contribution in [3.05, 3.63) is 54.0 Å². The Morgan fingerprint density at radius 2 is 2.07 bits per heavy atom. The van der Waals surface area contributed by atoms with Crippen molar-refractivity contribution in [2.24, 2.45) is 0 Å². The topological polar surface area (TPSA) is 62.1 Å². The van der Waals surface area contributed by atoms with Crippen LogP contribution in [0.4, 0.5) is 14.5 Å². The molecule has 7 nitrogen and oxygen atoms in total. The molecule has 142 valence electrons. The van der Waals surface area contributed by atoms with Crippen molar-refractivity contribution >= 4 is 27.6 Å². The Bertz CT molecular complexity index is 1220. The summed E-state index contributed by atoms with van der Waals surface area (Å²) in [4.78, 5) is 12.3. The first-order valence-corrected chi connectivity index (χ1v) is 8.47. The zero-order valence-electron chi connectivity index (χ0n) is 15.2. The first kappa shape index (κ1) is 17.9. The van der Waals surface area contributed by atoms with Crippen LogP contribution in [-0.2, 0) is 13.1 Å². The molecule has 0 saturated carbocycles. The van der Waals surface area contributed by atoms with Gasteiger partial charge in [0.2, 0.25) is 0 Å². The first-order valence-electron chi connectivity index (χ1n) is 8.47. The Balaban J connectivity index is 1.94. The van der Waals surface area contributed by atoms with E-state index in [1.54, 1.807) is 41.5 Å². The molecule has 0 aliphatic heterocycles.